The minimum Gasteiger partial charge on any atom is -0.452 e. The van der Waals surface area contributed by atoms with Crippen LogP contribution in [0.4, 0.5) is 5.69 Å². The number of pyridine rings is 1. The molecule has 6 heteroatoms. The molecule has 144 valence electrons. The van der Waals surface area contributed by atoms with Crippen LogP contribution in [0.2, 0.25) is 0 Å². The van der Waals surface area contributed by atoms with Gasteiger partial charge in [0.2, 0.25) is 0 Å². The van der Waals surface area contributed by atoms with E-state index < -0.39 is 5.97 Å². The first kappa shape index (κ1) is 20.0. The van der Waals surface area contributed by atoms with E-state index in [9.17, 15) is 9.59 Å². The number of ether oxygens (including phenoxy) is 1. The van der Waals surface area contributed by atoms with E-state index >= 15 is 0 Å². The van der Waals surface area contributed by atoms with Crippen LogP contribution in [0.15, 0.2) is 46.9 Å². The first-order valence-corrected chi connectivity index (χ1v) is 9.81. The van der Waals surface area contributed by atoms with Gasteiger partial charge < -0.3 is 10.1 Å². The van der Waals surface area contributed by atoms with E-state index in [-0.39, 0.29) is 12.5 Å². The highest BCUT2D eigenvalue weighted by atomic mass is 79.9. The third-order valence-electron chi connectivity index (χ3n) is 4.57. The summed E-state index contributed by atoms with van der Waals surface area (Å²) in [4.78, 5) is 29.6. The molecule has 1 aromatic heterocycles. The molecule has 1 N–H and O–H groups in total. The molecule has 0 unspecified atom stereocenters. The van der Waals surface area contributed by atoms with Crippen LogP contribution in [-0.4, -0.2) is 23.5 Å². The number of fused-ring (bicyclic) bond motifs is 1. The Balaban J connectivity index is 1.78. The molecule has 0 bridgehead atoms. The number of carbonyl (C=O) groups excluding carboxylic acids is 2. The summed E-state index contributed by atoms with van der Waals surface area (Å²) in [7, 11) is 0. The highest BCUT2D eigenvalue weighted by molar-refractivity contribution is 9.10. The number of amides is 1. The normalized spacial score (nSPS) is 10.7. The van der Waals surface area contributed by atoms with Crippen LogP contribution in [0.1, 0.15) is 34.1 Å². The fourth-order valence-electron chi connectivity index (χ4n) is 3.12. The molecule has 0 fully saturated rings. The van der Waals surface area contributed by atoms with E-state index in [0.717, 1.165) is 32.2 Å². The van der Waals surface area contributed by atoms with Gasteiger partial charge >= 0.3 is 5.97 Å². The third kappa shape index (κ3) is 4.22. The van der Waals surface area contributed by atoms with Gasteiger partial charge in [0, 0.05) is 21.2 Å². The van der Waals surface area contributed by atoms with E-state index in [4.69, 9.17) is 4.74 Å². The topological polar surface area (TPSA) is 68.3 Å². The fraction of sp³-hybridized carbons (Fsp3) is 0.227. The Morgan fingerprint density at radius 1 is 1.14 bits per heavy atom. The summed E-state index contributed by atoms with van der Waals surface area (Å²) in [6.07, 6.45) is 0.709. The number of hydrogen-bond acceptors (Lipinski definition) is 4. The van der Waals surface area contributed by atoms with Gasteiger partial charge in [-0.3, -0.25) is 9.78 Å². The quantitative estimate of drug-likeness (QED) is 0.568. The summed E-state index contributed by atoms with van der Waals surface area (Å²) in [6.45, 7) is 5.39. The Hall–Kier alpha value is -2.73. The number of halogens is 1. The van der Waals surface area contributed by atoms with E-state index in [0.29, 0.717) is 17.7 Å². The Kier molecular flexibility index (Phi) is 6.09. The molecule has 0 spiro atoms. The second-order valence-corrected chi connectivity index (χ2v) is 7.43. The molecule has 0 atom stereocenters. The summed E-state index contributed by atoms with van der Waals surface area (Å²) in [6, 6.07) is 13.0. The molecule has 3 aromatic rings. The lowest BCUT2D eigenvalue weighted by Crippen LogP contribution is -2.22. The first-order valence-electron chi connectivity index (χ1n) is 9.02. The van der Waals surface area contributed by atoms with Crippen molar-refractivity contribution in [2.45, 2.75) is 27.2 Å². The zero-order valence-corrected chi connectivity index (χ0v) is 17.6. The number of para-hydroxylation sites is 1. The molecule has 0 aliphatic carbocycles. The molecule has 3 rings (SSSR count). The van der Waals surface area contributed by atoms with Gasteiger partial charge in [-0.1, -0.05) is 41.1 Å². The average molecular weight is 441 g/mol. The first-order chi connectivity index (χ1) is 13.4. The number of nitrogens with one attached hydrogen (secondary N) is 1. The van der Waals surface area contributed by atoms with Crippen molar-refractivity contribution < 1.29 is 14.3 Å². The third-order valence-corrected chi connectivity index (χ3v) is 5.07. The number of esters is 1. The SMILES string of the molecule is CCc1nc2ccccc2c(C(=O)OCC(=O)Nc2ccc(Br)cc2C)c1C. The second-order valence-electron chi connectivity index (χ2n) is 6.51. The smallest absolute Gasteiger partial charge is 0.339 e. The molecule has 1 heterocycles. The zero-order chi connectivity index (χ0) is 20.3. The minimum atomic E-state index is -0.520. The van der Waals surface area contributed by atoms with E-state index in [2.05, 4.69) is 26.2 Å². The van der Waals surface area contributed by atoms with Gasteiger partial charge in [-0.25, -0.2) is 4.79 Å². The van der Waals surface area contributed by atoms with Crippen molar-refractivity contribution in [1.82, 2.24) is 4.98 Å². The molecular weight excluding hydrogens is 420 g/mol. The molecule has 0 saturated carbocycles. The molecule has 0 aliphatic heterocycles. The van der Waals surface area contributed by atoms with Crippen molar-refractivity contribution in [3.8, 4) is 0 Å². The van der Waals surface area contributed by atoms with Crippen molar-refractivity contribution >= 4 is 44.4 Å². The second kappa shape index (κ2) is 8.52. The summed E-state index contributed by atoms with van der Waals surface area (Å²) in [5, 5.41) is 3.50. The maximum atomic E-state index is 12.8. The number of hydrogen-bond donors (Lipinski definition) is 1. The number of carbonyl (C=O) groups is 2. The lowest BCUT2D eigenvalue weighted by atomic mass is 10.0. The van der Waals surface area contributed by atoms with Gasteiger partial charge in [-0.15, -0.1) is 0 Å². The number of rotatable bonds is 5. The van der Waals surface area contributed by atoms with Gasteiger partial charge in [0.1, 0.15) is 0 Å². The van der Waals surface area contributed by atoms with Crippen molar-refractivity contribution in [2.24, 2.45) is 0 Å². The Morgan fingerprint density at radius 3 is 2.61 bits per heavy atom. The van der Waals surface area contributed by atoms with Crippen LogP contribution >= 0.6 is 15.9 Å². The van der Waals surface area contributed by atoms with Crippen LogP contribution in [0.25, 0.3) is 10.9 Å². The van der Waals surface area contributed by atoms with Gasteiger partial charge in [0.15, 0.2) is 6.61 Å². The molecule has 0 saturated heterocycles. The maximum absolute atomic E-state index is 12.8. The maximum Gasteiger partial charge on any atom is 0.339 e. The highest BCUT2D eigenvalue weighted by Crippen LogP contribution is 2.24. The van der Waals surface area contributed by atoms with Gasteiger partial charge in [-0.2, -0.15) is 0 Å². The predicted molar refractivity (Wildman–Crippen MR) is 114 cm³/mol. The summed E-state index contributed by atoms with van der Waals surface area (Å²) < 4.78 is 6.26. The number of aryl methyl sites for hydroxylation is 2. The standard InChI is InChI=1S/C22H21BrN2O3/c1-4-17-14(3)21(16-7-5-6-8-19(16)24-17)22(27)28-12-20(26)25-18-10-9-15(23)11-13(18)2/h5-11H,4,12H2,1-3H3,(H,25,26). The van der Waals surface area contributed by atoms with Crippen LogP contribution in [0.3, 0.4) is 0 Å². The van der Waals surface area contributed by atoms with Crippen LogP contribution in [-0.2, 0) is 16.0 Å². The molecule has 28 heavy (non-hydrogen) atoms. The van der Waals surface area contributed by atoms with Crippen molar-refractivity contribution in [3.63, 3.8) is 0 Å². The molecular formula is C22H21BrN2O3. The van der Waals surface area contributed by atoms with E-state index in [1.807, 2.05) is 57.2 Å². The average Bonchev–Trinajstić information content (AvgIpc) is 2.68. The van der Waals surface area contributed by atoms with E-state index in [1.54, 1.807) is 6.07 Å². The Labute approximate surface area is 172 Å². The summed E-state index contributed by atoms with van der Waals surface area (Å²) in [5.41, 5.74) is 4.44. The summed E-state index contributed by atoms with van der Waals surface area (Å²) >= 11 is 3.39. The van der Waals surface area contributed by atoms with Crippen LogP contribution < -0.4 is 5.32 Å². The molecule has 0 aliphatic rings. The van der Waals surface area contributed by atoms with Crippen molar-refractivity contribution in [2.75, 3.05) is 11.9 Å². The molecule has 0 radical (unpaired) electrons. The number of nitrogens with zero attached hydrogens (tertiary/aromatic N) is 1. The van der Waals surface area contributed by atoms with Gasteiger partial charge in [0.25, 0.3) is 5.91 Å². The van der Waals surface area contributed by atoms with Gasteiger partial charge in [0.05, 0.1) is 11.1 Å². The lowest BCUT2D eigenvalue weighted by molar-refractivity contribution is -0.119. The highest BCUT2D eigenvalue weighted by Gasteiger charge is 2.19. The van der Waals surface area contributed by atoms with Crippen LogP contribution in [0.5, 0.6) is 0 Å². The van der Waals surface area contributed by atoms with Crippen LogP contribution in [0, 0.1) is 13.8 Å². The summed E-state index contributed by atoms with van der Waals surface area (Å²) in [5.74, 6) is -0.904. The minimum absolute atomic E-state index is 0.355. The van der Waals surface area contributed by atoms with Crippen molar-refractivity contribution in [3.05, 3.63) is 69.3 Å². The fourth-order valence-corrected chi connectivity index (χ4v) is 3.60. The van der Waals surface area contributed by atoms with Gasteiger partial charge in [-0.05, 0) is 55.7 Å². The van der Waals surface area contributed by atoms with E-state index in [1.165, 1.54) is 0 Å². The molecule has 1 amide bonds. The lowest BCUT2D eigenvalue weighted by Gasteiger charge is -2.13. The molecule has 2 aromatic carbocycles. The molecule has 5 nitrogen and oxygen atoms in total. The zero-order valence-electron chi connectivity index (χ0n) is 16.0. The number of anilines is 1. The number of aromatic nitrogens is 1. The largest absolute Gasteiger partial charge is 0.452 e. The Morgan fingerprint density at radius 2 is 1.89 bits per heavy atom. The Bertz CT molecular complexity index is 1060. The van der Waals surface area contributed by atoms with Crippen molar-refractivity contribution in [1.29, 1.82) is 0 Å². The monoisotopic (exact) mass is 440 g/mol. The predicted octanol–water partition coefficient (Wildman–Crippen LogP) is 4.97. The number of benzene rings is 2.